The largest absolute Gasteiger partial charge is 0.219 e. The molecule has 0 fully saturated rings. The maximum absolute atomic E-state index is 2.37. The second-order valence-electron chi connectivity index (χ2n) is 13.2. The van der Waals surface area contributed by atoms with E-state index in [-0.39, 0.29) is 6.71 Å². The molecule has 230 valence electrons. The average molecular weight is 623 g/mol. The molecule has 0 amide bonds. The molecular formula is C48H35B. The number of benzene rings is 7. The molecule has 2 aliphatic rings. The minimum atomic E-state index is -0.558. The summed E-state index contributed by atoms with van der Waals surface area (Å²) in [6, 6.07) is 78.8. The van der Waals surface area contributed by atoms with Crippen molar-refractivity contribution in [1.82, 2.24) is 0 Å². The van der Waals surface area contributed by atoms with Gasteiger partial charge in [0, 0.05) is 10.6 Å². The normalized spacial score (nSPS) is 19.8. The summed E-state index contributed by atoms with van der Waals surface area (Å²) in [5.74, 6) is 0. The lowest BCUT2D eigenvalue weighted by Gasteiger charge is -2.40. The summed E-state index contributed by atoms with van der Waals surface area (Å²) in [5.41, 5.74) is 14.5. The van der Waals surface area contributed by atoms with Crippen LogP contribution in [-0.2, 0) is 10.6 Å². The summed E-state index contributed by atoms with van der Waals surface area (Å²) >= 11 is 0. The van der Waals surface area contributed by atoms with E-state index in [0.29, 0.717) is 0 Å². The van der Waals surface area contributed by atoms with Crippen LogP contribution in [-0.4, -0.2) is 6.71 Å². The molecule has 0 unspecified atom stereocenters. The highest BCUT2D eigenvalue weighted by Gasteiger charge is 2.73. The lowest BCUT2D eigenvalue weighted by molar-refractivity contribution is 0.997. The van der Waals surface area contributed by atoms with E-state index in [1.165, 1.54) is 61.1 Å². The van der Waals surface area contributed by atoms with E-state index in [2.05, 4.69) is 212 Å². The predicted octanol–water partition coefficient (Wildman–Crippen LogP) is 10.6. The first-order valence-electron chi connectivity index (χ1n) is 17.2. The fourth-order valence-corrected chi connectivity index (χ4v) is 9.31. The Kier molecular flexibility index (Phi) is 7.13. The highest BCUT2D eigenvalue weighted by atomic mass is 14.6. The van der Waals surface area contributed by atoms with Gasteiger partial charge in [0.15, 0.2) is 0 Å². The number of allylic oxidation sites excluding steroid dienone is 4. The SMILES string of the molecule is c1ccc(B2C3(c4ccccc4)C(c4ccccc4)=C(c4ccccc4)C2(c2ccccc2)C(c2ccccc2)=C3c2ccccc2)cc1. The fraction of sp³-hybridized carbons (Fsp3) is 0.0417. The molecule has 0 N–H and O–H groups in total. The lowest BCUT2D eigenvalue weighted by atomic mass is 9.21. The quantitative estimate of drug-likeness (QED) is 0.155. The molecule has 0 nitrogen and oxygen atoms in total. The zero-order chi connectivity index (χ0) is 32.7. The average Bonchev–Trinajstić information content (AvgIpc) is 3.64. The van der Waals surface area contributed by atoms with Crippen LogP contribution in [0.4, 0.5) is 0 Å². The number of hydrogen-bond donors (Lipinski definition) is 0. The van der Waals surface area contributed by atoms with E-state index in [0.717, 1.165) is 0 Å². The van der Waals surface area contributed by atoms with Crippen LogP contribution in [0, 0.1) is 0 Å². The Morgan fingerprint density at radius 3 is 0.735 bits per heavy atom. The smallest absolute Gasteiger partial charge is 0.0764 e. The van der Waals surface area contributed by atoms with E-state index in [9.17, 15) is 0 Å². The van der Waals surface area contributed by atoms with Crippen molar-refractivity contribution in [3.8, 4) is 0 Å². The van der Waals surface area contributed by atoms with E-state index in [1.54, 1.807) is 0 Å². The lowest BCUT2D eigenvalue weighted by Crippen LogP contribution is -2.56. The third-order valence-electron chi connectivity index (χ3n) is 10.8. The van der Waals surface area contributed by atoms with Crippen molar-refractivity contribution < 1.29 is 0 Å². The summed E-state index contributed by atoms with van der Waals surface area (Å²) in [7, 11) is 0. The molecule has 0 atom stereocenters. The van der Waals surface area contributed by atoms with Crippen LogP contribution in [0.1, 0.15) is 33.4 Å². The molecule has 49 heavy (non-hydrogen) atoms. The summed E-state index contributed by atoms with van der Waals surface area (Å²) in [5, 5.41) is -1.12. The first-order chi connectivity index (χ1) is 24.4. The van der Waals surface area contributed by atoms with Crippen LogP contribution in [0.15, 0.2) is 212 Å². The van der Waals surface area contributed by atoms with Gasteiger partial charge in [0.05, 0.1) is 0 Å². The molecule has 0 radical (unpaired) electrons. The molecule has 2 bridgehead atoms. The molecule has 1 heteroatoms. The monoisotopic (exact) mass is 622 g/mol. The highest BCUT2D eigenvalue weighted by molar-refractivity contribution is 6.91. The Labute approximate surface area is 289 Å². The topological polar surface area (TPSA) is 0 Å². The molecule has 2 aliphatic heterocycles. The van der Waals surface area contributed by atoms with Crippen molar-refractivity contribution in [3.63, 3.8) is 0 Å². The summed E-state index contributed by atoms with van der Waals surface area (Å²) < 4.78 is 0. The molecule has 0 spiro atoms. The molecular weight excluding hydrogens is 587 g/mol. The van der Waals surface area contributed by atoms with Gasteiger partial charge in [-0.3, -0.25) is 0 Å². The standard InChI is InChI=1S/C48H35B/c1-8-22-36(23-9-1)43-44(37-24-10-2-11-25-37)48(41-32-18-6-19-33-41)46(39-28-14-4-15-29-39)45(38-26-12-3-13-27-38)47(43,40-30-16-5-17-31-40)49(48)42-34-20-7-21-35-42/h1-35H. The predicted molar refractivity (Wildman–Crippen MR) is 207 cm³/mol. The first kappa shape index (κ1) is 29.2. The van der Waals surface area contributed by atoms with Crippen molar-refractivity contribution in [1.29, 1.82) is 0 Å². The van der Waals surface area contributed by atoms with Crippen molar-refractivity contribution in [3.05, 3.63) is 246 Å². The zero-order valence-electron chi connectivity index (χ0n) is 27.3. The Balaban J connectivity index is 1.62. The van der Waals surface area contributed by atoms with Gasteiger partial charge in [-0.25, -0.2) is 0 Å². The van der Waals surface area contributed by atoms with Crippen LogP contribution in [0.25, 0.3) is 22.3 Å². The van der Waals surface area contributed by atoms with E-state index in [1.807, 2.05) is 0 Å². The third-order valence-corrected chi connectivity index (χ3v) is 10.8. The zero-order valence-corrected chi connectivity index (χ0v) is 27.3. The number of fused-ring (bicyclic) bond motifs is 2. The number of hydrogen-bond acceptors (Lipinski definition) is 0. The van der Waals surface area contributed by atoms with Crippen LogP contribution >= 0.6 is 0 Å². The van der Waals surface area contributed by atoms with Gasteiger partial charge in [0.1, 0.15) is 0 Å². The molecule has 0 aromatic heterocycles. The second-order valence-corrected chi connectivity index (χ2v) is 13.2. The summed E-state index contributed by atoms with van der Waals surface area (Å²) in [6.45, 7) is 0.00169. The Morgan fingerprint density at radius 2 is 0.469 bits per heavy atom. The maximum atomic E-state index is 2.37. The van der Waals surface area contributed by atoms with Crippen molar-refractivity contribution in [2.24, 2.45) is 0 Å². The fourth-order valence-electron chi connectivity index (χ4n) is 9.31. The van der Waals surface area contributed by atoms with Gasteiger partial charge in [0.25, 0.3) is 0 Å². The molecule has 7 aromatic rings. The van der Waals surface area contributed by atoms with Crippen molar-refractivity contribution >= 4 is 34.5 Å². The molecule has 9 rings (SSSR count). The second kappa shape index (κ2) is 12.0. The van der Waals surface area contributed by atoms with Crippen LogP contribution in [0.3, 0.4) is 0 Å². The van der Waals surface area contributed by atoms with Crippen molar-refractivity contribution in [2.75, 3.05) is 0 Å². The van der Waals surface area contributed by atoms with E-state index in [4.69, 9.17) is 0 Å². The van der Waals surface area contributed by atoms with Crippen LogP contribution < -0.4 is 5.46 Å². The molecule has 7 aromatic carbocycles. The van der Waals surface area contributed by atoms with Gasteiger partial charge < -0.3 is 0 Å². The van der Waals surface area contributed by atoms with E-state index >= 15 is 0 Å². The molecule has 2 heterocycles. The maximum Gasteiger partial charge on any atom is 0.219 e. The summed E-state index contributed by atoms with van der Waals surface area (Å²) in [4.78, 5) is 0. The van der Waals surface area contributed by atoms with Gasteiger partial charge in [-0.05, 0) is 55.7 Å². The van der Waals surface area contributed by atoms with E-state index < -0.39 is 10.6 Å². The minimum Gasteiger partial charge on any atom is -0.0764 e. The molecule has 0 saturated heterocycles. The molecule has 0 aliphatic carbocycles. The highest BCUT2D eigenvalue weighted by Crippen LogP contribution is 2.75. The Morgan fingerprint density at radius 1 is 0.245 bits per heavy atom. The Hall–Kier alpha value is -5.92. The van der Waals surface area contributed by atoms with Gasteiger partial charge in [-0.1, -0.05) is 218 Å². The third kappa shape index (κ3) is 4.25. The van der Waals surface area contributed by atoms with Gasteiger partial charge >= 0.3 is 0 Å². The van der Waals surface area contributed by atoms with Crippen LogP contribution in [0.5, 0.6) is 0 Å². The van der Waals surface area contributed by atoms with Gasteiger partial charge in [0.2, 0.25) is 6.71 Å². The minimum absolute atomic E-state index is 0.00169. The van der Waals surface area contributed by atoms with Crippen molar-refractivity contribution in [2.45, 2.75) is 10.6 Å². The Bertz CT molecular complexity index is 2030. The first-order valence-corrected chi connectivity index (χ1v) is 17.2. The number of rotatable bonds is 7. The van der Waals surface area contributed by atoms with Gasteiger partial charge in [-0.15, -0.1) is 0 Å². The summed E-state index contributed by atoms with van der Waals surface area (Å²) in [6.07, 6.45) is 0. The van der Waals surface area contributed by atoms with Crippen LogP contribution in [0.2, 0.25) is 0 Å². The molecule has 0 saturated carbocycles. The van der Waals surface area contributed by atoms with Gasteiger partial charge in [-0.2, -0.15) is 0 Å².